The third-order valence-corrected chi connectivity index (χ3v) is 8.50. The standard InChI is InChI=1S/C30H26F2N4O7S/c1-35-13-12-26(37)36(35)21-8-2-17(3-9-21)14-25(30(40)41)33-29(39)27-23(31)15-20(16-24(27)32)34-44(42,43)22-10-6-19(7-11-22)28(38)18-4-5-18/h2-3,6-13,15-16,18,25,34H,4-5,14H2,1H3,(H,33,39)(H,40,41)/t25-/m0/s1. The number of sulfonamides is 1. The molecule has 3 aromatic carbocycles. The number of ketones is 1. The molecule has 14 heteroatoms. The highest BCUT2D eigenvalue weighted by molar-refractivity contribution is 7.92. The van der Waals surface area contributed by atoms with Crippen LogP contribution in [0.1, 0.15) is 39.1 Å². The lowest BCUT2D eigenvalue weighted by Crippen LogP contribution is -2.43. The Morgan fingerprint density at radius 1 is 0.977 bits per heavy atom. The van der Waals surface area contributed by atoms with E-state index in [0.29, 0.717) is 28.9 Å². The van der Waals surface area contributed by atoms with E-state index in [0.717, 1.165) is 12.8 Å². The number of nitrogens with one attached hydrogen (secondary N) is 2. The molecule has 3 N–H and O–H groups in total. The average Bonchev–Trinajstić information content (AvgIpc) is 3.76. The van der Waals surface area contributed by atoms with E-state index in [1.54, 1.807) is 42.2 Å². The first-order valence-electron chi connectivity index (χ1n) is 13.4. The lowest BCUT2D eigenvalue weighted by molar-refractivity contribution is -0.139. The van der Waals surface area contributed by atoms with Crippen LogP contribution in [0, 0.1) is 17.6 Å². The molecule has 1 heterocycles. The number of carbonyl (C=O) groups is 3. The van der Waals surface area contributed by atoms with E-state index in [2.05, 4.69) is 5.32 Å². The van der Waals surface area contributed by atoms with Crippen LogP contribution in [0.3, 0.4) is 0 Å². The fraction of sp³-hybridized carbons (Fsp3) is 0.200. The van der Waals surface area contributed by atoms with Gasteiger partial charge in [-0.05, 0) is 54.8 Å². The number of Topliss-reactive ketones (excluding diaryl/α,β-unsaturated/α-hetero) is 1. The van der Waals surface area contributed by atoms with Gasteiger partial charge < -0.3 is 10.4 Å². The highest BCUT2D eigenvalue weighted by atomic mass is 32.2. The number of halogens is 2. The van der Waals surface area contributed by atoms with Gasteiger partial charge in [-0.2, -0.15) is 0 Å². The summed E-state index contributed by atoms with van der Waals surface area (Å²) in [4.78, 5) is 48.6. The summed E-state index contributed by atoms with van der Waals surface area (Å²) in [6.45, 7) is 0. The molecule has 1 saturated carbocycles. The number of aromatic nitrogens is 2. The van der Waals surface area contributed by atoms with Gasteiger partial charge in [0.15, 0.2) is 5.78 Å². The predicted molar refractivity (Wildman–Crippen MR) is 154 cm³/mol. The molecule has 1 atom stereocenters. The number of hydrogen-bond donors (Lipinski definition) is 3. The van der Waals surface area contributed by atoms with Crippen LogP contribution < -0.4 is 15.6 Å². The number of nitrogens with zero attached hydrogens (tertiary/aromatic N) is 2. The zero-order valence-electron chi connectivity index (χ0n) is 23.2. The van der Waals surface area contributed by atoms with Gasteiger partial charge in [-0.3, -0.25) is 23.8 Å². The SMILES string of the molecule is Cn1ccc(=O)n1-c1ccc(C[C@H](NC(=O)c2c(F)cc(NS(=O)(=O)c3ccc(C(=O)C4CC4)cc3)cc2F)C(=O)O)cc1. The number of aliphatic carboxylic acids is 1. The number of carboxylic acids is 1. The van der Waals surface area contributed by atoms with Crippen LogP contribution in [0.5, 0.6) is 0 Å². The van der Waals surface area contributed by atoms with Gasteiger partial charge in [0, 0.05) is 37.2 Å². The van der Waals surface area contributed by atoms with Crippen molar-refractivity contribution in [2.24, 2.45) is 13.0 Å². The van der Waals surface area contributed by atoms with Gasteiger partial charge in [-0.15, -0.1) is 0 Å². The van der Waals surface area contributed by atoms with Crippen LogP contribution >= 0.6 is 0 Å². The third kappa shape index (κ3) is 6.44. The lowest BCUT2D eigenvalue weighted by Gasteiger charge is -2.16. The summed E-state index contributed by atoms with van der Waals surface area (Å²) in [5.41, 5.74) is -0.543. The molecule has 1 amide bonds. The van der Waals surface area contributed by atoms with E-state index in [1.165, 1.54) is 35.0 Å². The van der Waals surface area contributed by atoms with Gasteiger partial charge in [-0.1, -0.05) is 24.3 Å². The van der Waals surface area contributed by atoms with E-state index < -0.39 is 50.8 Å². The van der Waals surface area contributed by atoms with Crippen LogP contribution in [0.4, 0.5) is 14.5 Å². The monoisotopic (exact) mass is 624 g/mol. The molecule has 0 spiro atoms. The second-order valence-corrected chi connectivity index (χ2v) is 12.0. The summed E-state index contributed by atoms with van der Waals surface area (Å²) < 4.78 is 60.4. The number of aryl methyl sites for hydroxylation is 1. The molecule has 1 fully saturated rings. The molecule has 1 aliphatic rings. The first kappa shape index (κ1) is 30.4. The lowest BCUT2D eigenvalue weighted by atomic mass is 10.0. The molecule has 44 heavy (non-hydrogen) atoms. The molecule has 5 rings (SSSR count). The van der Waals surface area contributed by atoms with Crippen molar-refractivity contribution >= 4 is 33.4 Å². The summed E-state index contributed by atoms with van der Waals surface area (Å²) in [5.74, 6) is -5.80. The van der Waals surface area contributed by atoms with Crippen molar-refractivity contribution in [3.8, 4) is 5.69 Å². The van der Waals surface area contributed by atoms with Crippen LogP contribution in [-0.2, 0) is 28.3 Å². The maximum Gasteiger partial charge on any atom is 0.326 e. The molecule has 228 valence electrons. The first-order chi connectivity index (χ1) is 20.8. The Hall–Kier alpha value is -5.11. The predicted octanol–water partition coefficient (Wildman–Crippen LogP) is 3.27. The minimum Gasteiger partial charge on any atom is -0.480 e. The van der Waals surface area contributed by atoms with Crippen LogP contribution in [-0.4, -0.2) is 46.6 Å². The van der Waals surface area contributed by atoms with Crippen LogP contribution in [0.15, 0.2) is 82.6 Å². The third-order valence-electron chi connectivity index (χ3n) is 7.10. The van der Waals surface area contributed by atoms with Crippen LogP contribution in [0.25, 0.3) is 5.69 Å². The van der Waals surface area contributed by atoms with Crippen LogP contribution in [0.2, 0.25) is 0 Å². The summed E-state index contributed by atoms with van der Waals surface area (Å²) in [5, 5.41) is 11.8. The summed E-state index contributed by atoms with van der Waals surface area (Å²) >= 11 is 0. The Kier molecular flexibility index (Phi) is 8.19. The molecule has 1 aromatic heterocycles. The second-order valence-electron chi connectivity index (χ2n) is 10.4. The van der Waals surface area contributed by atoms with Gasteiger partial charge in [-0.25, -0.2) is 26.7 Å². The molecule has 0 unspecified atom stereocenters. The van der Waals surface area contributed by atoms with Crippen molar-refractivity contribution in [1.82, 2.24) is 14.7 Å². The van der Waals surface area contributed by atoms with E-state index in [9.17, 15) is 41.5 Å². The van der Waals surface area contributed by atoms with E-state index in [1.807, 2.05) is 4.72 Å². The van der Waals surface area contributed by atoms with Crippen molar-refractivity contribution in [2.75, 3.05) is 4.72 Å². The van der Waals surface area contributed by atoms with E-state index in [4.69, 9.17) is 0 Å². The van der Waals surface area contributed by atoms with E-state index in [-0.39, 0.29) is 28.6 Å². The molecular weight excluding hydrogens is 598 g/mol. The number of benzene rings is 3. The second kappa shape index (κ2) is 11.9. The highest BCUT2D eigenvalue weighted by Crippen LogP contribution is 2.33. The van der Waals surface area contributed by atoms with Crippen molar-refractivity contribution < 1.29 is 36.7 Å². The van der Waals surface area contributed by atoms with Gasteiger partial charge in [0.25, 0.3) is 21.5 Å². The fourth-order valence-corrected chi connectivity index (χ4v) is 5.70. The molecule has 0 radical (unpaired) electrons. The number of rotatable bonds is 11. The molecule has 0 aliphatic heterocycles. The van der Waals surface area contributed by atoms with Crippen molar-refractivity contribution in [2.45, 2.75) is 30.2 Å². The minimum absolute atomic E-state index is 0.0530. The summed E-state index contributed by atoms with van der Waals surface area (Å²) in [6.07, 6.45) is 2.91. The topological polar surface area (TPSA) is 157 Å². The maximum absolute atomic E-state index is 14.9. The number of amides is 1. The Balaban J connectivity index is 1.28. The normalized spacial score (nSPS) is 13.7. The summed E-state index contributed by atoms with van der Waals surface area (Å²) in [6, 6.07) is 12.4. The Morgan fingerprint density at radius 2 is 1.59 bits per heavy atom. The van der Waals surface area contributed by atoms with E-state index >= 15 is 0 Å². The smallest absolute Gasteiger partial charge is 0.326 e. The molecule has 11 nitrogen and oxygen atoms in total. The zero-order chi connectivity index (χ0) is 31.8. The Bertz CT molecular complexity index is 1910. The van der Waals surface area contributed by atoms with Gasteiger partial charge in [0.2, 0.25) is 0 Å². The average molecular weight is 625 g/mol. The number of hydrogen-bond acceptors (Lipinski definition) is 6. The minimum atomic E-state index is -4.31. The number of anilines is 1. The molecule has 1 aliphatic carbocycles. The fourth-order valence-electron chi connectivity index (χ4n) is 4.66. The maximum atomic E-state index is 14.9. The van der Waals surface area contributed by atoms with Gasteiger partial charge in [0.05, 0.1) is 16.3 Å². The Labute approximate surface area is 249 Å². The molecule has 0 bridgehead atoms. The quantitative estimate of drug-likeness (QED) is 0.216. The number of carboxylic acid groups (broad SMARTS) is 1. The van der Waals surface area contributed by atoms with Crippen molar-refractivity contribution in [3.05, 3.63) is 112 Å². The molecular formula is C30H26F2N4O7S. The Morgan fingerprint density at radius 3 is 2.11 bits per heavy atom. The zero-order valence-corrected chi connectivity index (χ0v) is 24.0. The van der Waals surface area contributed by atoms with Gasteiger partial charge in [0.1, 0.15) is 23.2 Å². The summed E-state index contributed by atoms with van der Waals surface area (Å²) in [7, 11) is -2.64. The molecule has 4 aromatic rings. The number of carbonyl (C=O) groups excluding carboxylic acids is 2. The molecule has 0 saturated heterocycles. The van der Waals surface area contributed by atoms with Crippen molar-refractivity contribution in [1.29, 1.82) is 0 Å². The first-order valence-corrected chi connectivity index (χ1v) is 14.9. The highest BCUT2D eigenvalue weighted by Gasteiger charge is 2.31. The largest absolute Gasteiger partial charge is 0.480 e. The van der Waals surface area contributed by atoms with Crippen molar-refractivity contribution in [3.63, 3.8) is 0 Å². The van der Waals surface area contributed by atoms with Gasteiger partial charge >= 0.3 is 5.97 Å².